The first-order chi connectivity index (χ1) is 25.2. The largest absolute Gasteiger partial charge is 0.481 e. The summed E-state index contributed by atoms with van der Waals surface area (Å²) in [6.07, 6.45) is 6.82. The molecule has 2 aliphatic rings. The molecule has 2 amide bonds. The highest BCUT2D eigenvalue weighted by Crippen LogP contribution is 2.43. The van der Waals surface area contributed by atoms with Crippen molar-refractivity contribution < 1.29 is 38.7 Å². The average Bonchev–Trinajstić information content (AvgIpc) is 3.74. The molecule has 2 unspecified atom stereocenters. The molecule has 1 aromatic carbocycles. The van der Waals surface area contributed by atoms with E-state index in [9.17, 15) is 38.7 Å². The van der Waals surface area contributed by atoms with E-state index in [1.54, 1.807) is 29.2 Å². The number of aromatic nitrogens is 2. The lowest BCUT2D eigenvalue weighted by atomic mass is 9.83. The molecule has 1 aromatic heterocycles. The number of nitrogens with one attached hydrogen (secondary N) is 1. The number of rotatable bonds is 20. The summed E-state index contributed by atoms with van der Waals surface area (Å²) in [5, 5.41) is 12.8. The zero-order valence-corrected chi connectivity index (χ0v) is 31.5. The summed E-state index contributed by atoms with van der Waals surface area (Å²) in [5.74, 6) is -7.49. The fourth-order valence-corrected chi connectivity index (χ4v) is 8.01. The molecule has 0 bridgehead atoms. The molecule has 2 heterocycles. The molecule has 286 valence electrons. The van der Waals surface area contributed by atoms with Crippen LogP contribution in [0.4, 0.5) is 0 Å². The van der Waals surface area contributed by atoms with Crippen LogP contribution in [0.5, 0.6) is 0 Å². The van der Waals surface area contributed by atoms with E-state index in [2.05, 4.69) is 15.3 Å². The second kappa shape index (κ2) is 18.9. The molecule has 2 fully saturated rings. The number of carbonyl (C=O) groups excluding carboxylic acids is 6. The van der Waals surface area contributed by atoms with Crippen LogP contribution in [0.25, 0.3) is 0 Å². The minimum atomic E-state index is -1.17. The number of carboxylic acid groups (broad SMARTS) is 1. The molecule has 12 heteroatoms. The van der Waals surface area contributed by atoms with Crippen molar-refractivity contribution in [2.75, 3.05) is 6.54 Å². The maximum Gasteiger partial charge on any atom is 0.307 e. The number of ketones is 4. The van der Waals surface area contributed by atoms with Gasteiger partial charge in [0.05, 0.1) is 18.2 Å². The summed E-state index contributed by atoms with van der Waals surface area (Å²) < 4.78 is 0. The van der Waals surface area contributed by atoms with E-state index in [0.717, 1.165) is 24.8 Å². The van der Waals surface area contributed by atoms with Crippen molar-refractivity contribution in [2.24, 2.45) is 41.4 Å². The van der Waals surface area contributed by atoms with Gasteiger partial charge in [-0.05, 0) is 54.9 Å². The highest BCUT2D eigenvalue weighted by Gasteiger charge is 2.51. The quantitative estimate of drug-likeness (QED) is 0.140. The van der Waals surface area contributed by atoms with E-state index in [1.165, 1.54) is 18.6 Å². The molecule has 53 heavy (non-hydrogen) atoms. The van der Waals surface area contributed by atoms with Gasteiger partial charge in [0.15, 0.2) is 17.3 Å². The molecular weight excluding hydrogens is 676 g/mol. The number of hydrogen-bond donors (Lipinski definition) is 2. The summed E-state index contributed by atoms with van der Waals surface area (Å²) in [7, 11) is 0. The Morgan fingerprint density at radius 2 is 1.62 bits per heavy atom. The van der Waals surface area contributed by atoms with Crippen molar-refractivity contribution in [3.63, 3.8) is 0 Å². The van der Waals surface area contributed by atoms with Gasteiger partial charge in [0.1, 0.15) is 11.7 Å². The third kappa shape index (κ3) is 10.5. The first-order valence-corrected chi connectivity index (χ1v) is 19.0. The van der Waals surface area contributed by atoms with E-state index < -0.39 is 59.7 Å². The van der Waals surface area contributed by atoms with Crippen LogP contribution in [0.1, 0.15) is 102 Å². The molecule has 0 radical (unpaired) electrons. The van der Waals surface area contributed by atoms with Gasteiger partial charge in [0.25, 0.3) is 0 Å². The second-order valence-corrected chi connectivity index (χ2v) is 15.5. The van der Waals surface area contributed by atoms with Crippen LogP contribution in [0.3, 0.4) is 0 Å². The van der Waals surface area contributed by atoms with Gasteiger partial charge in [-0.1, -0.05) is 77.8 Å². The van der Waals surface area contributed by atoms with Crippen molar-refractivity contribution in [1.82, 2.24) is 20.2 Å². The van der Waals surface area contributed by atoms with Gasteiger partial charge in [-0.25, -0.2) is 4.98 Å². The van der Waals surface area contributed by atoms with E-state index in [1.807, 2.05) is 40.7 Å². The summed E-state index contributed by atoms with van der Waals surface area (Å²) in [5.41, 5.74) is 0.895. The Bertz CT molecular complexity index is 1630. The van der Waals surface area contributed by atoms with Gasteiger partial charge in [-0.2, -0.15) is 0 Å². The smallest absolute Gasteiger partial charge is 0.307 e. The Morgan fingerprint density at radius 3 is 2.23 bits per heavy atom. The van der Waals surface area contributed by atoms with Gasteiger partial charge >= 0.3 is 5.97 Å². The molecule has 4 rings (SSSR count). The lowest BCUT2D eigenvalue weighted by molar-refractivity contribution is -0.147. The van der Waals surface area contributed by atoms with Gasteiger partial charge in [-0.15, -0.1) is 0 Å². The summed E-state index contributed by atoms with van der Waals surface area (Å²) in [4.78, 5) is 104. The van der Waals surface area contributed by atoms with Crippen LogP contribution in [0.2, 0.25) is 0 Å². The number of aliphatic carboxylic acids is 1. The number of benzene rings is 1. The van der Waals surface area contributed by atoms with Crippen LogP contribution < -0.4 is 5.32 Å². The monoisotopic (exact) mass is 730 g/mol. The minimum absolute atomic E-state index is 0.0955. The molecule has 0 spiro atoms. The number of fused-ring (bicyclic) bond motifs is 1. The molecule has 2 N–H and O–H groups in total. The number of likely N-dealkylation sites (tertiary alicyclic amines) is 1. The zero-order chi connectivity index (χ0) is 38.8. The fraction of sp³-hybridized carbons (Fsp3) is 0.585. The number of hydrogen-bond acceptors (Lipinski definition) is 9. The summed E-state index contributed by atoms with van der Waals surface area (Å²) >= 11 is 0. The van der Waals surface area contributed by atoms with Crippen molar-refractivity contribution in [1.29, 1.82) is 0 Å². The number of carboxylic acids is 1. The Morgan fingerprint density at radius 1 is 0.906 bits per heavy atom. The van der Waals surface area contributed by atoms with Crippen LogP contribution in [0, 0.1) is 41.4 Å². The number of nitrogens with zero attached hydrogens (tertiary/aromatic N) is 3. The van der Waals surface area contributed by atoms with Crippen molar-refractivity contribution in [2.45, 2.75) is 104 Å². The predicted octanol–water partition coefficient (Wildman–Crippen LogP) is 4.94. The normalized spacial score (nSPS) is 20.4. The topological polar surface area (TPSA) is 181 Å². The molecule has 1 aliphatic carbocycles. The maximum atomic E-state index is 14.4. The van der Waals surface area contributed by atoms with Crippen molar-refractivity contribution in [3.05, 3.63) is 60.2 Å². The molecule has 1 aliphatic heterocycles. The molecule has 12 nitrogen and oxygen atoms in total. The lowest BCUT2D eigenvalue weighted by Crippen LogP contribution is -2.56. The van der Waals surface area contributed by atoms with Gasteiger partial charge in [0.2, 0.25) is 17.6 Å². The Labute approximate surface area is 311 Å². The Kier molecular flexibility index (Phi) is 14.7. The average molecular weight is 731 g/mol. The van der Waals surface area contributed by atoms with Gasteiger partial charge < -0.3 is 15.3 Å². The van der Waals surface area contributed by atoms with E-state index >= 15 is 0 Å². The third-order valence-electron chi connectivity index (χ3n) is 11.0. The number of amides is 2. The molecular formula is C41H54N4O8. The van der Waals surface area contributed by atoms with Crippen LogP contribution >= 0.6 is 0 Å². The van der Waals surface area contributed by atoms with Crippen molar-refractivity contribution >= 4 is 40.9 Å². The van der Waals surface area contributed by atoms with Gasteiger partial charge in [-0.3, -0.25) is 38.5 Å². The highest BCUT2D eigenvalue weighted by molar-refractivity contribution is 6.38. The molecule has 7 atom stereocenters. The van der Waals surface area contributed by atoms with E-state index in [-0.39, 0.29) is 72.5 Å². The minimum Gasteiger partial charge on any atom is -0.481 e. The lowest BCUT2D eigenvalue weighted by Gasteiger charge is -2.33. The van der Waals surface area contributed by atoms with Crippen LogP contribution in [-0.2, 0) is 35.2 Å². The zero-order valence-electron chi connectivity index (χ0n) is 31.5. The summed E-state index contributed by atoms with van der Waals surface area (Å²) in [6.45, 7) is 9.50. The maximum absolute atomic E-state index is 14.4. The van der Waals surface area contributed by atoms with E-state index in [4.69, 9.17) is 0 Å². The first kappa shape index (κ1) is 41.2. The van der Waals surface area contributed by atoms with Crippen LogP contribution in [0.15, 0.2) is 48.9 Å². The fourth-order valence-electron chi connectivity index (χ4n) is 8.01. The van der Waals surface area contributed by atoms with Gasteiger partial charge in [0, 0.05) is 50.0 Å². The standard InChI is InChI=1S/C41H54N4O8/c1-6-11-27(38(49)35(48)20-29(41(52)53)18-26-12-8-7-9-13-26)19-34(47)37-30-15-10-14-28(30)23-45(37)40(51)36(25(4)5)44-39(50)31(24(2)3)21-33(46)32-22-42-16-17-43-32/h7-9,12-13,16-17,22,24-25,27-31,36-37H,6,10-11,14-15,18-21,23H2,1-5H3,(H,44,50)(H,52,53)/t27?,28-,29-,30-,31+,36?,37-/m0/s1. The molecule has 2 aromatic rings. The highest BCUT2D eigenvalue weighted by atomic mass is 16.4. The predicted molar refractivity (Wildman–Crippen MR) is 196 cm³/mol. The number of Topliss-reactive ketones (excluding diaryl/α,β-unsaturated/α-hetero) is 4. The second-order valence-electron chi connectivity index (χ2n) is 15.5. The van der Waals surface area contributed by atoms with Crippen molar-refractivity contribution in [3.8, 4) is 0 Å². The Balaban J connectivity index is 1.50. The first-order valence-electron chi connectivity index (χ1n) is 19.0. The number of carbonyl (C=O) groups is 7. The molecule has 1 saturated carbocycles. The SMILES string of the molecule is CCCC(CC(=O)[C@@H]1[C@H]2CCC[C@H]2CN1C(=O)C(NC(=O)[C@H](CC(=O)c1cnccn1)C(C)C)C(C)C)C(=O)C(=O)C[C@H](Cc1ccccc1)C(=O)O. The van der Waals surface area contributed by atoms with E-state index in [0.29, 0.717) is 13.0 Å². The summed E-state index contributed by atoms with van der Waals surface area (Å²) in [6, 6.07) is 7.14. The molecule has 1 saturated heterocycles. The Hall–Kier alpha value is -4.61. The third-order valence-corrected chi connectivity index (χ3v) is 11.0. The van der Waals surface area contributed by atoms with Crippen LogP contribution in [-0.4, -0.2) is 79.5 Å².